The summed E-state index contributed by atoms with van der Waals surface area (Å²) in [6.45, 7) is 25.8. The lowest BCUT2D eigenvalue weighted by Gasteiger charge is -2.43. The van der Waals surface area contributed by atoms with Gasteiger partial charge in [0.25, 0.3) is 0 Å². The van der Waals surface area contributed by atoms with E-state index in [1.165, 1.54) is 44.8 Å². The summed E-state index contributed by atoms with van der Waals surface area (Å²) in [6.07, 6.45) is 0. The molecule has 1 heteroatoms. The van der Waals surface area contributed by atoms with Crippen molar-refractivity contribution in [3.63, 3.8) is 0 Å². The van der Waals surface area contributed by atoms with Crippen LogP contribution in [0.25, 0.3) is 11.1 Å². The van der Waals surface area contributed by atoms with Crippen molar-refractivity contribution >= 4 is 11.4 Å². The Hall–Kier alpha value is -2.54. The number of fused-ring (bicyclic) bond motifs is 3. The Bertz CT molecular complexity index is 1220. The molecule has 0 unspecified atom stereocenters. The summed E-state index contributed by atoms with van der Waals surface area (Å²) in [7, 11) is 0. The fourth-order valence-corrected chi connectivity index (χ4v) is 5.68. The molecule has 34 heavy (non-hydrogen) atoms. The number of rotatable bonds is 2. The van der Waals surface area contributed by atoms with Crippen molar-refractivity contribution in [3.05, 3.63) is 82.9 Å². The number of hydrogen-bond donors (Lipinski definition) is 0. The predicted octanol–water partition coefficient (Wildman–Crippen LogP) is 9.52. The minimum absolute atomic E-state index is 0.00617. The van der Waals surface area contributed by atoms with Crippen molar-refractivity contribution in [2.75, 3.05) is 4.90 Å². The molecule has 0 atom stereocenters. The molecule has 0 heterocycles. The average molecular weight is 454 g/mol. The van der Waals surface area contributed by atoms with Crippen LogP contribution in [-0.4, -0.2) is 5.54 Å². The maximum absolute atomic E-state index is 2.60. The lowest BCUT2D eigenvalue weighted by atomic mass is 9.78. The van der Waals surface area contributed by atoms with Gasteiger partial charge in [0.1, 0.15) is 0 Å². The van der Waals surface area contributed by atoms with Crippen molar-refractivity contribution < 1.29 is 0 Å². The Kier molecular flexibility index (Phi) is 5.59. The number of anilines is 2. The molecular formula is C33H43N. The molecule has 0 aromatic heterocycles. The number of nitrogens with zero attached hydrogens (tertiary/aromatic N) is 1. The fourth-order valence-electron chi connectivity index (χ4n) is 5.68. The molecule has 1 aliphatic carbocycles. The first-order valence-corrected chi connectivity index (χ1v) is 12.7. The Morgan fingerprint density at radius 3 is 1.71 bits per heavy atom. The van der Waals surface area contributed by atoms with Crippen LogP contribution in [0.15, 0.2) is 60.7 Å². The van der Waals surface area contributed by atoms with E-state index in [1.54, 1.807) is 0 Å². The molecule has 3 aromatic rings. The molecular weight excluding hydrogens is 410 g/mol. The third-order valence-corrected chi connectivity index (χ3v) is 7.37. The molecule has 0 amide bonds. The molecule has 4 rings (SSSR count). The van der Waals surface area contributed by atoms with Crippen LogP contribution in [0.2, 0.25) is 0 Å². The zero-order valence-corrected chi connectivity index (χ0v) is 23.2. The van der Waals surface area contributed by atoms with Gasteiger partial charge < -0.3 is 4.90 Å². The fraction of sp³-hybridized carbons (Fsp3) is 0.455. The second kappa shape index (κ2) is 7.74. The van der Waals surface area contributed by atoms with Crippen LogP contribution in [-0.2, 0) is 16.2 Å². The molecule has 1 aliphatic rings. The molecule has 0 bridgehead atoms. The summed E-state index contributed by atoms with van der Waals surface area (Å²) in [5, 5.41) is 0. The van der Waals surface area contributed by atoms with Gasteiger partial charge in [0, 0.05) is 22.3 Å². The third kappa shape index (κ3) is 3.98. The zero-order chi connectivity index (χ0) is 25.3. The third-order valence-electron chi connectivity index (χ3n) is 7.37. The predicted molar refractivity (Wildman–Crippen MR) is 150 cm³/mol. The van der Waals surface area contributed by atoms with Crippen LogP contribution >= 0.6 is 0 Å². The van der Waals surface area contributed by atoms with Crippen LogP contribution < -0.4 is 4.90 Å². The van der Waals surface area contributed by atoms with E-state index in [0.29, 0.717) is 0 Å². The summed E-state index contributed by atoms with van der Waals surface area (Å²) in [5.41, 5.74) is 11.0. The Labute approximate surface area is 208 Å². The van der Waals surface area contributed by atoms with Gasteiger partial charge in [-0.15, -0.1) is 0 Å². The highest BCUT2D eigenvalue weighted by Crippen LogP contribution is 2.53. The summed E-state index contributed by atoms with van der Waals surface area (Å²) in [5.74, 6) is 0. The van der Waals surface area contributed by atoms with Gasteiger partial charge in [-0.05, 0) is 83.2 Å². The van der Waals surface area contributed by atoms with Gasteiger partial charge in [-0.1, -0.05) is 97.9 Å². The van der Waals surface area contributed by atoms with Crippen molar-refractivity contribution in [2.24, 2.45) is 0 Å². The number of benzene rings is 3. The Morgan fingerprint density at radius 1 is 0.559 bits per heavy atom. The van der Waals surface area contributed by atoms with E-state index in [-0.39, 0.29) is 21.8 Å². The lowest BCUT2D eigenvalue weighted by Crippen LogP contribution is -2.40. The lowest BCUT2D eigenvalue weighted by molar-refractivity contribution is 0.531. The summed E-state index contributed by atoms with van der Waals surface area (Å²) in [6, 6.07) is 23.0. The molecule has 0 radical (unpaired) electrons. The van der Waals surface area contributed by atoms with E-state index in [0.717, 1.165) is 0 Å². The summed E-state index contributed by atoms with van der Waals surface area (Å²) in [4.78, 5) is 2.60. The largest absolute Gasteiger partial charge is 0.336 e. The monoisotopic (exact) mass is 453 g/mol. The van der Waals surface area contributed by atoms with Gasteiger partial charge in [-0.3, -0.25) is 0 Å². The first-order valence-electron chi connectivity index (χ1n) is 12.7. The molecule has 180 valence electrons. The SMILES string of the molecule is CC(C)(C)c1ccccc1N(c1cc2c(cc1C(C)(C)C)-c1ccccc1C2(C)C)C(C)(C)C. The Morgan fingerprint density at radius 2 is 1.12 bits per heavy atom. The molecule has 0 saturated carbocycles. The molecule has 0 spiro atoms. The van der Waals surface area contributed by atoms with Crippen molar-refractivity contribution in [3.8, 4) is 11.1 Å². The maximum Gasteiger partial charge on any atom is 0.0457 e. The van der Waals surface area contributed by atoms with E-state index in [4.69, 9.17) is 0 Å². The first kappa shape index (κ1) is 24.6. The van der Waals surface area contributed by atoms with Crippen LogP contribution in [0.1, 0.15) is 98.4 Å². The minimum atomic E-state index is -0.0921. The van der Waals surface area contributed by atoms with Crippen molar-refractivity contribution in [1.82, 2.24) is 0 Å². The molecule has 0 saturated heterocycles. The molecule has 0 aliphatic heterocycles. The van der Waals surface area contributed by atoms with Crippen LogP contribution in [0, 0.1) is 0 Å². The molecule has 0 N–H and O–H groups in total. The highest BCUT2D eigenvalue weighted by Gasteiger charge is 2.39. The van der Waals surface area contributed by atoms with Crippen molar-refractivity contribution in [1.29, 1.82) is 0 Å². The van der Waals surface area contributed by atoms with Crippen molar-refractivity contribution in [2.45, 2.75) is 97.9 Å². The zero-order valence-electron chi connectivity index (χ0n) is 23.2. The normalized spacial score (nSPS) is 15.1. The first-order chi connectivity index (χ1) is 15.5. The Balaban J connectivity index is 2.09. The van der Waals surface area contributed by atoms with Gasteiger partial charge >= 0.3 is 0 Å². The van der Waals surface area contributed by atoms with E-state index in [2.05, 4.69) is 142 Å². The van der Waals surface area contributed by atoms with Crippen LogP contribution in [0.3, 0.4) is 0 Å². The molecule has 0 fully saturated rings. The second-order valence-corrected chi connectivity index (χ2v) is 13.6. The molecule has 3 aromatic carbocycles. The van der Waals surface area contributed by atoms with Gasteiger partial charge in [-0.25, -0.2) is 0 Å². The highest BCUT2D eigenvalue weighted by molar-refractivity contribution is 5.86. The smallest absolute Gasteiger partial charge is 0.0457 e. The summed E-state index contributed by atoms with van der Waals surface area (Å²) >= 11 is 0. The van der Waals surface area contributed by atoms with Crippen LogP contribution in [0.4, 0.5) is 11.4 Å². The number of para-hydroxylation sites is 1. The van der Waals surface area contributed by atoms with Gasteiger partial charge in [0.05, 0.1) is 0 Å². The van der Waals surface area contributed by atoms with E-state index in [1.807, 2.05) is 0 Å². The van der Waals surface area contributed by atoms with Gasteiger partial charge in [0.2, 0.25) is 0 Å². The quantitative estimate of drug-likeness (QED) is 0.373. The van der Waals surface area contributed by atoms with E-state index < -0.39 is 0 Å². The average Bonchev–Trinajstić information content (AvgIpc) is 2.93. The minimum Gasteiger partial charge on any atom is -0.336 e. The molecule has 1 nitrogen and oxygen atoms in total. The van der Waals surface area contributed by atoms with E-state index >= 15 is 0 Å². The summed E-state index contributed by atoms with van der Waals surface area (Å²) < 4.78 is 0. The van der Waals surface area contributed by atoms with Gasteiger partial charge in [0.15, 0.2) is 0 Å². The number of hydrogen-bond acceptors (Lipinski definition) is 1. The van der Waals surface area contributed by atoms with E-state index in [9.17, 15) is 0 Å². The highest BCUT2D eigenvalue weighted by atomic mass is 15.2. The maximum atomic E-state index is 2.60. The van der Waals surface area contributed by atoms with Crippen LogP contribution in [0.5, 0.6) is 0 Å². The second-order valence-electron chi connectivity index (χ2n) is 13.6. The topological polar surface area (TPSA) is 3.24 Å². The standard InChI is InChI=1S/C33H43N/c1-30(2,3)25-18-14-15-19-28(25)34(32(7,8)9)29-21-26-23(20-27(29)31(4,5)6)22-16-12-13-17-24(22)33(26,10)11/h12-21H,1-11H3. The van der Waals surface area contributed by atoms with Gasteiger partial charge in [-0.2, -0.15) is 0 Å².